The Kier molecular flexibility index (Phi) is 5.64. The van der Waals surface area contributed by atoms with Gasteiger partial charge in [0.2, 0.25) is 0 Å². The summed E-state index contributed by atoms with van der Waals surface area (Å²) < 4.78 is 15.9. The normalized spacial score (nSPS) is 18.5. The summed E-state index contributed by atoms with van der Waals surface area (Å²) in [7, 11) is 3.01. The van der Waals surface area contributed by atoms with Crippen LogP contribution >= 0.6 is 0 Å². The summed E-state index contributed by atoms with van der Waals surface area (Å²) in [5.41, 5.74) is 0.956. The van der Waals surface area contributed by atoms with Gasteiger partial charge in [-0.25, -0.2) is 0 Å². The van der Waals surface area contributed by atoms with Gasteiger partial charge in [0.1, 0.15) is 17.6 Å². The molecule has 0 aromatic heterocycles. The number of ether oxygens (including phenoxy) is 3. The van der Waals surface area contributed by atoms with Crippen molar-refractivity contribution < 1.29 is 23.8 Å². The molecule has 1 aliphatic heterocycles. The van der Waals surface area contributed by atoms with Crippen molar-refractivity contribution in [3.8, 4) is 23.3 Å². The maximum absolute atomic E-state index is 12.5. The molecule has 0 radical (unpaired) electrons. The number of carbonyl (C=O) groups is 2. The summed E-state index contributed by atoms with van der Waals surface area (Å²) in [4.78, 5) is 24.6. The molecule has 1 heterocycles. The van der Waals surface area contributed by atoms with E-state index in [4.69, 9.17) is 14.2 Å². The highest BCUT2D eigenvalue weighted by Gasteiger charge is 2.22. The highest BCUT2D eigenvalue weighted by atomic mass is 16.5. The van der Waals surface area contributed by atoms with Crippen LogP contribution in [0.3, 0.4) is 0 Å². The first kappa shape index (κ1) is 16.9. The SMILES string of the molecule is COc1cc2c(c(OC)c1)C(=O)CCC#CC[C@H](C)OC(=O)C2. The molecule has 0 unspecified atom stereocenters. The molecule has 23 heavy (non-hydrogen) atoms. The van der Waals surface area contributed by atoms with Crippen LogP contribution in [0.2, 0.25) is 0 Å². The number of fused-ring (bicyclic) bond motifs is 1. The molecular weight excluding hydrogens is 296 g/mol. The zero-order valence-electron chi connectivity index (χ0n) is 13.6. The summed E-state index contributed by atoms with van der Waals surface area (Å²) in [6.45, 7) is 1.80. The predicted molar refractivity (Wildman–Crippen MR) is 84.8 cm³/mol. The van der Waals surface area contributed by atoms with E-state index < -0.39 is 5.97 Å². The molecule has 122 valence electrons. The summed E-state index contributed by atoms with van der Waals surface area (Å²) in [6, 6.07) is 3.32. The van der Waals surface area contributed by atoms with E-state index in [2.05, 4.69) is 11.8 Å². The molecule has 5 nitrogen and oxygen atoms in total. The fourth-order valence-electron chi connectivity index (χ4n) is 2.45. The van der Waals surface area contributed by atoms with Crippen LogP contribution in [0.5, 0.6) is 11.5 Å². The number of methoxy groups -OCH3 is 2. The molecule has 0 spiro atoms. The Labute approximate surface area is 135 Å². The predicted octanol–water partition coefficient (Wildman–Crippen LogP) is 2.55. The Hall–Kier alpha value is -2.48. The molecule has 0 saturated heterocycles. The molecule has 1 aromatic rings. The van der Waals surface area contributed by atoms with Crippen LogP contribution < -0.4 is 9.47 Å². The third-order valence-electron chi connectivity index (χ3n) is 3.55. The maximum Gasteiger partial charge on any atom is 0.310 e. The van der Waals surface area contributed by atoms with Gasteiger partial charge < -0.3 is 14.2 Å². The fourth-order valence-corrected chi connectivity index (χ4v) is 2.45. The van der Waals surface area contributed by atoms with Gasteiger partial charge in [0.05, 0.1) is 26.2 Å². The molecule has 0 aliphatic carbocycles. The van der Waals surface area contributed by atoms with Crippen molar-refractivity contribution in [1.29, 1.82) is 0 Å². The average Bonchev–Trinajstić information content (AvgIpc) is 2.52. The Balaban J connectivity index is 2.49. The Morgan fingerprint density at radius 3 is 2.65 bits per heavy atom. The number of carbonyl (C=O) groups excluding carboxylic acids is 2. The van der Waals surface area contributed by atoms with E-state index in [9.17, 15) is 9.59 Å². The number of hydrogen-bond donors (Lipinski definition) is 0. The van der Waals surface area contributed by atoms with Crippen LogP contribution in [0, 0.1) is 11.8 Å². The molecule has 0 saturated carbocycles. The van der Waals surface area contributed by atoms with Crippen LogP contribution in [0.15, 0.2) is 12.1 Å². The zero-order chi connectivity index (χ0) is 16.8. The zero-order valence-corrected chi connectivity index (χ0v) is 13.6. The quantitative estimate of drug-likeness (QED) is 0.620. The minimum Gasteiger partial charge on any atom is -0.497 e. The first-order valence-electron chi connectivity index (χ1n) is 7.48. The van der Waals surface area contributed by atoms with Crippen LogP contribution in [0.25, 0.3) is 0 Å². The van der Waals surface area contributed by atoms with E-state index in [0.717, 1.165) is 0 Å². The molecule has 1 atom stereocenters. The van der Waals surface area contributed by atoms with E-state index in [-0.39, 0.29) is 24.7 Å². The lowest BCUT2D eigenvalue weighted by Gasteiger charge is -2.16. The van der Waals surface area contributed by atoms with Gasteiger partial charge in [0, 0.05) is 25.3 Å². The Morgan fingerprint density at radius 1 is 1.17 bits per heavy atom. The molecule has 0 N–H and O–H groups in total. The van der Waals surface area contributed by atoms with Gasteiger partial charge in [-0.15, -0.1) is 5.92 Å². The number of Topliss-reactive ketones (excluding diaryl/α,β-unsaturated/α-hetero) is 1. The third kappa shape index (κ3) is 4.26. The van der Waals surface area contributed by atoms with Crippen molar-refractivity contribution in [3.05, 3.63) is 23.3 Å². The molecular formula is C18H20O5. The monoisotopic (exact) mass is 316 g/mol. The Morgan fingerprint density at radius 2 is 1.96 bits per heavy atom. The van der Waals surface area contributed by atoms with Crippen molar-refractivity contribution >= 4 is 11.8 Å². The minimum absolute atomic E-state index is 0.00754. The number of rotatable bonds is 2. The highest BCUT2D eigenvalue weighted by Crippen LogP contribution is 2.31. The van der Waals surface area contributed by atoms with Crippen molar-refractivity contribution in [2.45, 2.75) is 38.7 Å². The molecule has 1 aromatic carbocycles. The van der Waals surface area contributed by atoms with Gasteiger partial charge in [-0.05, 0) is 18.6 Å². The van der Waals surface area contributed by atoms with Gasteiger partial charge in [0.15, 0.2) is 5.78 Å². The molecule has 2 rings (SSSR count). The van der Waals surface area contributed by atoms with Crippen LogP contribution in [0.1, 0.15) is 42.1 Å². The molecule has 0 fully saturated rings. The summed E-state index contributed by atoms with van der Waals surface area (Å²) in [5, 5.41) is 0. The van der Waals surface area contributed by atoms with E-state index in [1.54, 1.807) is 19.1 Å². The van der Waals surface area contributed by atoms with Gasteiger partial charge in [-0.3, -0.25) is 9.59 Å². The van der Waals surface area contributed by atoms with E-state index >= 15 is 0 Å². The van der Waals surface area contributed by atoms with E-state index in [1.807, 2.05) is 0 Å². The average molecular weight is 316 g/mol. The molecule has 5 heteroatoms. The second-order valence-electron chi connectivity index (χ2n) is 5.32. The van der Waals surface area contributed by atoms with Crippen LogP contribution in [-0.4, -0.2) is 32.1 Å². The van der Waals surface area contributed by atoms with Gasteiger partial charge in [0.25, 0.3) is 0 Å². The van der Waals surface area contributed by atoms with E-state index in [1.165, 1.54) is 14.2 Å². The number of cyclic esters (lactones) is 1. The fraction of sp³-hybridized carbons (Fsp3) is 0.444. The molecule has 0 bridgehead atoms. The van der Waals surface area contributed by atoms with Crippen LogP contribution in [0.4, 0.5) is 0 Å². The first-order chi connectivity index (χ1) is 11.0. The lowest BCUT2D eigenvalue weighted by atomic mass is 9.96. The van der Waals surface area contributed by atoms with Gasteiger partial charge >= 0.3 is 5.97 Å². The van der Waals surface area contributed by atoms with Crippen LogP contribution in [-0.2, 0) is 16.0 Å². The second-order valence-corrected chi connectivity index (χ2v) is 5.32. The molecule has 0 amide bonds. The third-order valence-corrected chi connectivity index (χ3v) is 3.55. The van der Waals surface area contributed by atoms with Crippen molar-refractivity contribution in [2.24, 2.45) is 0 Å². The van der Waals surface area contributed by atoms with E-state index in [0.29, 0.717) is 35.5 Å². The Bertz CT molecular complexity index is 666. The number of benzene rings is 1. The number of esters is 1. The molecule has 1 aliphatic rings. The smallest absolute Gasteiger partial charge is 0.310 e. The lowest BCUT2D eigenvalue weighted by molar-refractivity contribution is -0.147. The highest BCUT2D eigenvalue weighted by molar-refractivity contribution is 6.01. The second kappa shape index (κ2) is 7.68. The topological polar surface area (TPSA) is 61.8 Å². The number of hydrogen-bond acceptors (Lipinski definition) is 5. The van der Waals surface area contributed by atoms with Gasteiger partial charge in [-0.1, -0.05) is 5.92 Å². The van der Waals surface area contributed by atoms with Crippen molar-refractivity contribution in [2.75, 3.05) is 14.2 Å². The van der Waals surface area contributed by atoms with Gasteiger partial charge in [-0.2, -0.15) is 0 Å². The van der Waals surface area contributed by atoms with Crippen molar-refractivity contribution in [1.82, 2.24) is 0 Å². The number of ketones is 1. The van der Waals surface area contributed by atoms with Crippen molar-refractivity contribution in [3.63, 3.8) is 0 Å². The minimum atomic E-state index is -0.399. The maximum atomic E-state index is 12.5. The summed E-state index contributed by atoms with van der Waals surface area (Å²) >= 11 is 0. The standard InChI is InChI=1S/C18H20O5/c1-12-7-5-4-6-8-15(19)18-13(10-17(20)23-12)9-14(21-2)11-16(18)22-3/h9,11-12H,6-8,10H2,1-3H3/t12-/m0/s1. The summed E-state index contributed by atoms with van der Waals surface area (Å²) in [6.07, 6.45) is 0.932. The largest absolute Gasteiger partial charge is 0.497 e. The first-order valence-corrected chi connectivity index (χ1v) is 7.48. The lowest BCUT2D eigenvalue weighted by Crippen LogP contribution is -2.18. The summed E-state index contributed by atoms with van der Waals surface area (Å²) in [5.74, 6) is 6.30.